The lowest BCUT2D eigenvalue weighted by molar-refractivity contribution is -0.115. The van der Waals surface area contributed by atoms with Crippen molar-refractivity contribution in [3.63, 3.8) is 0 Å². The number of nitrogens with one attached hydrogen (secondary N) is 1. The Labute approximate surface area is 127 Å². The van der Waals surface area contributed by atoms with E-state index < -0.39 is 0 Å². The molecule has 21 heavy (non-hydrogen) atoms. The number of carbonyl (C=O) groups excluding carboxylic acids is 1. The van der Waals surface area contributed by atoms with E-state index >= 15 is 0 Å². The van der Waals surface area contributed by atoms with Crippen LogP contribution < -0.4 is 11.1 Å². The fraction of sp³-hybridized carbons (Fsp3) is 0.0667. The van der Waals surface area contributed by atoms with E-state index in [0.29, 0.717) is 16.3 Å². The first kappa shape index (κ1) is 14.9. The Balaban J connectivity index is 1.98. The Hall–Kier alpha value is -2.53. The summed E-state index contributed by atoms with van der Waals surface area (Å²) in [6.45, 7) is 0. The highest BCUT2D eigenvalue weighted by molar-refractivity contribution is 6.30. The summed E-state index contributed by atoms with van der Waals surface area (Å²) in [5.74, 6) is -0.108. The number of amides is 1. The topological polar surface area (TPSA) is 87.7 Å². The zero-order chi connectivity index (χ0) is 15.2. The molecule has 0 aliphatic rings. The molecule has 0 aliphatic heterocycles. The Morgan fingerprint density at radius 1 is 1.14 bits per heavy atom. The molecule has 0 heterocycles. The summed E-state index contributed by atoms with van der Waals surface area (Å²) < 4.78 is 0. The molecule has 0 atom stereocenters. The maximum Gasteiger partial charge on any atom is 0.228 e. The van der Waals surface area contributed by atoms with Gasteiger partial charge in [0.25, 0.3) is 0 Å². The number of amidine groups is 1. The van der Waals surface area contributed by atoms with Crippen molar-refractivity contribution in [1.82, 2.24) is 0 Å². The molecule has 6 heteroatoms. The smallest absolute Gasteiger partial charge is 0.228 e. The molecule has 0 aromatic heterocycles. The number of hydrogen-bond donors (Lipinski definition) is 3. The van der Waals surface area contributed by atoms with Gasteiger partial charge in [-0.05, 0) is 42.0 Å². The van der Waals surface area contributed by atoms with Gasteiger partial charge in [0.15, 0.2) is 5.84 Å². The van der Waals surface area contributed by atoms with Crippen molar-refractivity contribution in [1.29, 1.82) is 0 Å². The summed E-state index contributed by atoms with van der Waals surface area (Å²) in [6.07, 6.45) is 0.263. The predicted molar refractivity (Wildman–Crippen MR) is 82.7 cm³/mol. The number of nitrogens with zero attached hydrogens (tertiary/aromatic N) is 1. The Bertz CT molecular complexity index is 652. The summed E-state index contributed by atoms with van der Waals surface area (Å²) in [6, 6.07) is 13.8. The molecule has 1 amide bonds. The lowest BCUT2D eigenvalue weighted by Crippen LogP contribution is -2.15. The van der Waals surface area contributed by atoms with Crippen LogP contribution in [0.3, 0.4) is 0 Å². The number of rotatable bonds is 4. The Kier molecular flexibility index (Phi) is 4.79. The van der Waals surface area contributed by atoms with Crippen LogP contribution in [-0.4, -0.2) is 17.0 Å². The average Bonchev–Trinajstić information content (AvgIpc) is 2.49. The van der Waals surface area contributed by atoms with Gasteiger partial charge in [0.05, 0.1) is 6.42 Å². The van der Waals surface area contributed by atoms with Crippen molar-refractivity contribution in [3.8, 4) is 0 Å². The highest BCUT2D eigenvalue weighted by Gasteiger charge is 2.05. The van der Waals surface area contributed by atoms with Crippen LogP contribution >= 0.6 is 11.6 Å². The minimum Gasteiger partial charge on any atom is -0.409 e. The van der Waals surface area contributed by atoms with Crippen molar-refractivity contribution in [2.75, 3.05) is 5.32 Å². The van der Waals surface area contributed by atoms with Crippen molar-refractivity contribution in [3.05, 3.63) is 64.7 Å². The van der Waals surface area contributed by atoms with Crippen LogP contribution in [-0.2, 0) is 11.2 Å². The van der Waals surface area contributed by atoms with Crippen molar-refractivity contribution < 1.29 is 10.0 Å². The van der Waals surface area contributed by atoms with Gasteiger partial charge >= 0.3 is 0 Å². The maximum absolute atomic E-state index is 11.9. The molecule has 0 saturated heterocycles. The van der Waals surface area contributed by atoms with Gasteiger partial charge in [-0.2, -0.15) is 0 Å². The van der Waals surface area contributed by atoms with Gasteiger partial charge in [0, 0.05) is 16.3 Å². The average molecular weight is 304 g/mol. The van der Waals surface area contributed by atoms with Crippen molar-refractivity contribution in [2.45, 2.75) is 6.42 Å². The molecule has 0 unspecified atom stereocenters. The molecule has 0 saturated carbocycles. The highest BCUT2D eigenvalue weighted by Crippen LogP contribution is 2.12. The van der Waals surface area contributed by atoms with Crippen molar-refractivity contribution >= 4 is 29.0 Å². The van der Waals surface area contributed by atoms with E-state index in [2.05, 4.69) is 10.5 Å². The quantitative estimate of drug-likeness (QED) is 0.351. The molecular weight excluding hydrogens is 290 g/mol. The van der Waals surface area contributed by atoms with Gasteiger partial charge in [-0.3, -0.25) is 4.79 Å². The lowest BCUT2D eigenvalue weighted by Gasteiger charge is -2.06. The first-order valence-electron chi connectivity index (χ1n) is 6.21. The van der Waals surface area contributed by atoms with Crippen molar-refractivity contribution in [2.24, 2.45) is 10.9 Å². The standard InChI is InChI=1S/C15H14ClN3O2/c16-12-5-1-10(2-6-12)9-14(20)18-13-7-3-11(4-8-13)15(17)19-21/h1-8,21H,9H2,(H2,17,19)(H,18,20). The van der Waals surface area contributed by atoms with Gasteiger partial charge in [-0.25, -0.2) is 0 Å². The lowest BCUT2D eigenvalue weighted by atomic mass is 10.1. The van der Waals surface area contributed by atoms with Crippen LogP contribution in [0.15, 0.2) is 53.7 Å². The molecule has 108 valence electrons. The third kappa shape index (κ3) is 4.22. The molecule has 5 nitrogen and oxygen atoms in total. The van der Waals surface area contributed by atoms with E-state index in [-0.39, 0.29) is 18.2 Å². The second kappa shape index (κ2) is 6.76. The number of carbonyl (C=O) groups is 1. The first-order valence-corrected chi connectivity index (χ1v) is 6.58. The molecule has 0 aliphatic carbocycles. The molecule has 2 rings (SSSR count). The van der Waals surface area contributed by atoms with Gasteiger partial charge < -0.3 is 16.3 Å². The van der Waals surface area contributed by atoms with Crippen LogP contribution in [0.5, 0.6) is 0 Å². The molecule has 4 N–H and O–H groups in total. The molecule has 2 aromatic rings. The van der Waals surface area contributed by atoms with Crippen LogP contribution in [0.25, 0.3) is 0 Å². The molecule has 2 aromatic carbocycles. The summed E-state index contributed by atoms with van der Waals surface area (Å²) in [5, 5.41) is 14.9. The Morgan fingerprint density at radius 3 is 2.33 bits per heavy atom. The second-order valence-corrected chi connectivity index (χ2v) is 4.85. The molecule has 0 radical (unpaired) electrons. The number of nitrogens with two attached hydrogens (primary N) is 1. The normalized spacial score (nSPS) is 11.2. The fourth-order valence-electron chi connectivity index (χ4n) is 1.77. The summed E-state index contributed by atoms with van der Waals surface area (Å²) >= 11 is 5.79. The largest absolute Gasteiger partial charge is 0.409 e. The summed E-state index contributed by atoms with van der Waals surface area (Å²) in [5.41, 5.74) is 7.56. The van der Waals surface area contributed by atoms with E-state index in [1.54, 1.807) is 36.4 Å². The third-order valence-corrected chi connectivity index (χ3v) is 3.10. The molecule has 0 spiro atoms. The van der Waals surface area contributed by atoms with Gasteiger partial charge in [-0.15, -0.1) is 0 Å². The maximum atomic E-state index is 11.9. The number of hydrogen-bond acceptors (Lipinski definition) is 3. The van der Waals surface area contributed by atoms with Crippen LogP contribution in [0, 0.1) is 0 Å². The van der Waals surface area contributed by atoms with Crippen LogP contribution in [0.4, 0.5) is 5.69 Å². The van der Waals surface area contributed by atoms with E-state index in [9.17, 15) is 4.79 Å². The summed E-state index contributed by atoms with van der Waals surface area (Å²) in [7, 11) is 0. The third-order valence-electron chi connectivity index (χ3n) is 2.85. The zero-order valence-corrected chi connectivity index (χ0v) is 11.8. The first-order chi connectivity index (χ1) is 10.1. The SMILES string of the molecule is N/C(=N/O)c1ccc(NC(=O)Cc2ccc(Cl)cc2)cc1. The Morgan fingerprint density at radius 2 is 1.76 bits per heavy atom. The van der Waals surface area contributed by atoms with Gasteiger partial charge in [0.2, 0.25) is 5.91 Å². The zero-order valence-electron chi connectivity index (χ0n) is 11.1. The monoisotopic (exact) mass is 303 g/mol. The van der Waals surface area contributed by atoms with E-state index in [4.69, 9.17) is 22.5 Å². The van der Waals surface area contributed by atoms with Gasteiger partial charge in [0.1, 0.15) is 0 Å². The van der Waals surface area contributed by atoms with Gasteiger partial charge in [-0.1, -0.05) is 28.9 Å². The number of anilines is 1. The van der Waals surface area contributed by atoms with E-state index in [1.807, 2.05) is 12.1 Å². The number of benzene rings is 2. The second-order valence-electron chi connectivity index (χ2n) is 4.41. The number of oxime groups is 1. The minimum absolute atomic E-state index is 0.0223. The summed E-state index contributed by atoms with van der Waals surface area (Å²) in [4.78, 5) is 11.9. The minimum atomic E-state index is -0.131. The predicted octanol–water partition coefficient (Wildman–Crippen LogP) is 2.62. The molecule has 0 fully saturated rings. The number of halogens is 1. The van der Waals surface area contributed by atoms with Crippen LogP contribution in [0.1, 0.15) is 11.1 Å². The highest BCUT2D eigenvalue weighted by atomic mass is 35.5. The van der Waals surface area contributed by atoms with E-state index in [0.717, 1.165) is 5.56 Å². The molecular formula is C15H14ClN3O2. The van der Waals surface area contributed by atoms with E-state index in [1.165, 1.54) is 0 Å². The molecule has 0 bridgehead atoms. The van der Waals surface area contributed by atoms with Crippen LogP contribution in [0.2, 0.25) is 5.02 Å². The fourth-order valence-corrected chi connectivity index (χ4v) is 1.90.